The summed E-state index contributed by atoms with van der Waals surface area (Å²) in [5.74, 6) is -0.719. The van der Waals surface area contributed by atoms with Crippen LogP contribution in [0.3, 0.4) is 0 Å². The summed E-state index contributed by atoms with van der Waals surface area (Å²) in [5.41, 5.74) is 0.460. The van der Waals surface area contributed by atoms with Crippen LogP contribution >= 0.6 is 0 Å². The Hall–Kier alpha value is -4.00. The van der Waals surface area contributed by atoms with Gasteiger partial charge in [0.25, 0.3) is 5.91 Å². The number of carbonyl (C=O) groups excluding carboxylic acids is 3. The number of hydrogen-bond donors (Lipinski definition) is 3. The van der Waals surface area contributed by atoms with E-state index in [1.165, 1.54) is 6.20 Å². The van der Waals surface area contributed by atoms with Crippen molar-refractivity contribution >= 4 is 17.7 Å². The zero-order valence-electron chi connectivity index (χ0n) is 24.1. The summed E-state index contributed by atoms with van der Waals surface area (Å²) in [5, 5.41) is 8.12. The number of amides is 3. The van der Waals surface area contributed by atoms with Crippen LogP contribution in [0.1, 0.15) is 75.6 Å². The molecule has 1 aromatic rings. The summed E-state index contributed by atoms with van der Waals surface area (Å²) in [6, 6.07) is 2.70. The van der Waals surface area contributed by atoms with E-state index in [-0.39, 0.29) is 30.8 Å². The number of carbonyl (C=O) groups is 3. The topological polar surface area (TPSA) is 100 Å². The average Bonchev–Trinajstić information content (AvgIpc) is 2.96. The van der Waals surface area contributed by atoms with Gasteiger partial charge in [0.1, 0.15) is 6.04 Å². The minimum absolute atomic E-state index is 0.174. The molecular weight excluding hydrogens is 500 g/mol. The molecule has 7 heteroatoms. The molecule has 7 nitrogen and oxygen atoms in total. The van der Waals surface area contributed by atoms with E-state index < -0.39 is 6.04 Å². The summed E-state index contributed by atoms with van der Waals surface area (Å²) in [6.07, 6.45) is 35.5. The Kier molecular flexibility index (Phi) is 20.5. The van der Waals surface area contributed by atoms with Gasteiger partial charge in [-0.2, -0.15) is 0 Å². The maximum Gasteiger partial charge on any atom is 0.252 e. The second-order valence-corrected chi connectivity index (χ2v) is 9.03. The van der Waals surface area contributed by atoms with E-state index in [0.29, 0.717) is 18.4 Å². The quantitative estimate of drug-likeness (QED) is 0.140. The number of aromatic nitrogens is 1. The van der Waals surface area contributed by atoms with E-state index >= 15 is 0 Å². The Balaban J connectivity index is 2.04. The van der Waals surface area contributed by atoms with Gasteiger partial charge in [-0.15, -0.1) is 0 Å². The molecule has 1 unspecified atom stereocenters. The molecule has 0 bridgehead atoms. The molecule has 40 heavy (non-hydrogen) atoms. The van der Waals surface area contributed by atoms with Crippen LogP contribution in [0.25, 0.3) is 0 Å². The molecule has 1 heterocycles. The zero-order chi connectivity index (χ0) is 29.1. The Bertz CT molecular complexity index is 1020. The molecule has 3 N–H and O–H groups in total. The Morgan fingerprint density at radius 1 is 0.775 bits per heavy atom. The van der Waals surface area contributed by atoms with Crippen molar-refractivity contribution in [2.45, 2.75) is 71.3 Å². The Labute approximate surface area is 240 Å². The van der Waals surface area contributed by atoms with Gasteiger partial charge >= 0.3 is 0 Å². The highest BCUT2D eigenvalue weighted by atomic mass is 16.2. The molecule has 1 atom stereocenters. The van der Waals surface area contributed by atoms with Crippen LogP contribution in [0.15, 0.2) is 97.4 Å². The molecule has 216 valence electrons. The van der Waals surface area contributed by atoms with Crippen molar-refractivity contribution < 1.29 is 14.4 Å². The fourth-order valence-electron chi connectivity index (χ4n) is 3.35. The smallest absolute Gasteiger partial charge is 0.252 e. The predicted octanol–water partition coefficient (Wildman–Crippen LogP) is 5.91. The lowest BCUT2D eigenvalue weighted by Gasteiger charge is -2.14. The van der Waals surface area contributed by atoms with Crippen LogP contribution < -0.4 is 16.0 Å². The largest absolute Gasteiger partial charge is 0.353 e. The van der Waals surface area contributed by atoms with Gasteiger partial charge in [0.15, 0.2) is 0 Å². The van der Waals surface area contributed by atoms with Crippen LogP contribution in [-0.4, -0.2) is 41.8 Å². The number of nitrogens with one attached hydrogen (secondary N) is 3. The summed E-state index contributed by atoms with van der Waals surface area (Å²) >= 11 is 0. The molecule has 0 radical (unpaired) electrons. The third kappa shape index (κ3) is 19.1. The first kappa shape index (κ1) is 34.0. The predicted molar refractivity (Wildman–Crippen MR) is 165 cm³/mol. The average molecular weight is 547 g/mol. The molecule has 0 aliphatic rings. The third-order valence-corrected chi connectivity index (χ3v) is 5.54. The Morgan fingerprint density at radius 3 is 1.82 bits per heavy atom. The molecule has 0 fully saturated rings. The number of allylic oxidation sites excluding steroid dienone is 12. The van der Waals surface area contributed by atoms with Gasteiger partial charge in [0.05, 0.1) is 5.56 Å². The van der Waals surface area contributed by atoms with Crippen LogP contribution in [0.5, 0.6) is 0 Å². The van der Waals surface area contributed by atoms with Crippen molar-refractivity contribution in [3.8, 4) is 0 Å². The molecule has 0 aliphatic carbocycles. The first-order valence-corrected chi connectivity index (χ1v) is 14.2. The highest BCUT2D eigenvalue weighted by Crippen LogP contribution is 1.98. The van der Waals surface area contributed by atoms with E-state index in [4.69, 9.17) is 0 Å². The fraction of sp³-hybridized carbons (Fsp3) is 0.394. The van der Waals surface area contributed by atoms with Gasteiger partial charge in [-0.1, -0.05) is 79.8 Å². The van der Waals surface area contributed by atoms with Gasteiger partial charge in [0, 0.05) is 31.9 Å². The van der Waals surface area contributed by atoms with Crippen molar-refractivity contribution in [1.82, 2.24) is 20.9 Å². The van der Waals surface area contributed by atoms with Crippen molar-refractivity contribution in [1.29, 1.82) is 0 Å². The first-order chi connectivity index (χ1) is 19.5. The lowest BCUT2D eigenvalue weighted by Crippen LogP contribution is -2.46. The number of hydrogen-bond acceptors (Lipinski definition) is 4. The van der Waals surface area contributed by atoms with Gasteiger partial charge in [-0.05, 0) is 64.0 Å². The van der Waals surface area contributed by atoms with Gasteiger partial charge < -0.3 is 16.0 Å². The normalized spacial score (nSPS) is 12.8. The second kappa shape index (κ2) is 24.1. The van der Waals surface area contributed by atoms with E-state index in [2.05, 4.69) is 88.6 Å². The number of pyridine rings is 1. The fourth-order valence-corrected chi connectivity index (χ4v) is 3.35. The third-order valence-electron chi connectivity index (χ3n) is 5.54. The summed E-state index contributed by atoms with van der Waals surface area (Å²) in [4.78, 5) is 40.1. The molecule has 0 spiro atoms. The SMILES string of the molecule is CCC=CCC=CCC=CCC=CCC=CCC=CCCC(=O)NC(C)C(=O)NCCNC(=O)c1cccnc1. The highest BCUT2D eigenvalue weighted by Gasteiger charge is 2.14. The minimum atomic E-state index is -0.646. The molecule has 0 saturated carbocycles. The zero-order valence-corrected chi connectivity index (χ0v) is 24.1. The van der Waals surface area contributed by atoms with E-state index in [9.17, 15) is 14.4 Å². The van der Waals surface area contributed by atoms with Gasteiger partial charge in [-0.3, -0.25) is 19.4 Å². The van der Waals surface area contributed by atoms with Crippen LogP contribution in [0.2, 0.25) is 0 Å². The second-order valence-electron chi connectivity index (χ2n) is 9.03. The first-order valence-electron chi connectivity index (χ1n) is 14.2. The summed E-state index contributed by atoms with van der Waals surface area (Å²) < 4.78 is 0. The standard InChI is InChI=1S/C33H46N4O3/c1-3-4-5-6-7-8-9-10-11-12-13-14-15-16-17-18-19-20-21-24-31(38)37-29(2)32(39)35-26-27-36-33(40)30-23-22-25-34-28-30/h4-5,7-8,10-11,13-14,16-17,19-20,22-23,25,28-29H,3,6,9,12,15,18,21,24,26-27H2,1-2H3,(H,35,39)(H,36,40)(H,37,38). The molecule has 3 amide bonds. The van der Waals surface area contributed by atoms with Crippen molar-refractivity contribution in [2.24, 2.45) is 0 Å². The van der Waals surface area contributed by atoms with Crippen molar-refractivity contribution in [3.05, 3.63) is 103 Å². The van der Waals surface area contributed by atoms with Gasteiger partial charge in [0.2, 0.25) is 11.8 Å². The minimum Gasteiger partial charge on any atom is -0.353 e. The molecule has 0 aliphatic heterocycles. The lowest BCUT2D eigenvalue weighted by atomic mass is 10.2. The highest BCUT2D eigenvalue weighted by molar-refractivity contribution is 5.93. The Morgan fingerprint density at radius 2 is 1.30 bits per heavy atom. The molecule has 0 aromatic carbocycles. The maximum absolute atomic E-state index is 12.2. The van der Waals surface area contributed by atoms with E-state index in [1.807, 2.05) is 12.2 Å². The monoisotopic (exact) mass is 546 g/mol. The molecule has 0 saturated heterocycles. The number of rotatable bonds is 20. The van der Waals surface area contributed by atoms with Crippen LogP contribution in [0.4, 0.5) is 0 Å². The van der Waals surface area contributed by atoms with Crippen molar-refractivity contribution in [3.63, 3.8) is 0 Å². The maximum atomic E-state index is 12.2. The van der Waals surface area contributed by atoms with Crippen LogP contribution in [-0.2, 0) is 9.59 Å². The van der Waals surface area contributed by atoms with Crippen LogP contribution in [0, 0.1) is 0 Å². The van der Waals surface area contributed by atoms with E-state index in [0.717, 1.165) is 38.5 Å². The molecule has 1 aromatic heterocycles. The van der Waals surface area contributed by atoms with Gasteiger partial charge in [-0.25, -0.2) is 0 Å². The van der Waals surface area contributed by atoms with Crippen molar-refractivity contribution in [2.75, 3.05) is 13.1 Å². The molecule has 1 rings (SSSR count). The molecular formula is C33H46N4O3. The summed E-state index contributed by atoms with van der Waals surface area (Å²) in [7, 11) is 0. The number of nitrogens with zero attached hydrogens (tertiary/aromatic N) is 1. The van der Waals surface area contributed by atoms with E-state index in [1.54, 1.807) is 25.3 Å². The summed E-state index contributed by atoms with van der Waals surface area (Å²) in [6.45, 7) is 4.33. The lowest BCUT2D eigenvalue weighted by molar-refractivity contribution is -0.128.